The summed E-state index contributed by atoms with van der Waals surface area (Å²) in [5.74, 6) is 1.34. The van der Waals surface area contributed by atoms with E-state index >= 15 is 0 Å². The van der Waals surface area contributed by atoms with E-state index in [-0.39, 0.29) is 5.91 Å². The summed E-state index contributed by atoms with van der Waals surface area (Å²) in [6.45, 7) is 8.00. The zero-order chi connectivity index (χ0) is 18.0. The number of nitrogens with zero attached hydrogens (tertiary/aromatic N) is 1. The monoisotopic (exact) mass is 342 g/mol. The molecule has 0 saturated carbocycles. The molecule has 1 amide bonds. The van der Waals surface area contributed by atoms with Gasteiger partial charge in [0.05, 0.1) is 5.69 Å². The Bertz CT molecular complexity index is 764. The van der Waals surface area contributed by atoms with E-state index in [2.05, 4.69) is 36.5 Å². The van der Waals surface area contributed by atoms with E-state index in [1.54, 1.807) is 6.92 Å². The Morgan fingerprint density at radius 1 is 1.24 bits per heavy atom. The van der Waals surface area contributed by atoms with Crippen LogP contribution in [0.3, 0.4) is 0 Å². The van der Waals surface area contributed by atoms with Crippen molar-refractivity contribution >= 4 is 11.8 Å². The fourth-order valence-electron chi connectivity index (χ4n) is 3.17. The molecule has 0 spiro atoms. The Hall–Kier alpha value is -2.30. The number of rotatable bonds is 5. The summed E-state index contributed by atoms with van der Waals surface area (Å²) in [6, 6.07) is 6.11. The average molecular weight is 342 g/mol. The second kappa shape index (κ2) is 7.30. The predicted molar refractivity (Wildman–Crippen MR) is 97.1 cm³/mol. The number of aromatic nitrogens is 1. The summed E-state index contributed by atoms with van der Waals surface area (Å²) in [5, 5.41) is 6.91. The lowest BCUT2D eigenvalue weighted by Gasteiger charge is -2.19. The van der Waals surface area contributed by atoms with Crippen LogP contribution >= 0.6 is 0 Å². The molecule has 25 heavy (non-hydrogen) atoms. The van der Waals surface area contributed by atoms with Gasteiger partial charge in [-0.1, -0.05) is 31.1 Å². The second-order valence-electron chi connectivity index (χ2n) is 7.09. The van der Waals surface area contributed by atoms with E-state index in [0.29, 0.717) is 11.8 Å². The number of carbonyl (C=O) groups excluding carboxylic acids is 1. The topological polar surface area (TPSA) is 64.4 Å². The lowest BCUT2D eigenvalue weighted by atomic mass is 9.98. The number of benzene rings is 1. The number of aryl methyl sites for hydroxylation is 2. The fourth-order valence-corrected chi connectivity index (χ4v) is 3.17. The van der Waals surface area contributed by atoms with Gasteiger partial charge in [-0.3, -0.25) is 10.1 Å². The van der Waals surface area contributed by atoms with Gasteiger partial charge in [-0.2, -0.15) is 0 Å². The highest BCUT2D eigenvalue weighted by Crippen LogP contribution is 2.30. The van der Waals surface area contributed by atoms with Crippen molar-refractivity contribution in [3.63, 3.8) is 0 Å². The van der Waals surface area contributed by atoms with Crippen LogP contribution in [0, 0.1) is 6.92 Å². The number of anilines is 1. The molecular formula is C20H26N2O3. The van der Waals surface area contributed by atoms with Gasteiger partial charge in [-0.25, -0.2) is 0 Å². The Morgan fingerprint density at radius 3 is 2.76 bits per heavy atom. The van der Waals surface area contributed by atoms with Crippen LogP contribution in [0.4, 0.5) is 5.88 Å². The van der Waals surface area contributed by atoms with Crippen molar-refractivity contribution in [3.8, 4) is 5.75 Å². The van der Waals surface area contributed by atoms with E-state index in [1.807, 2.05) is 13.0 Å². The summed E-state index contributed by atoms with van der Waals surface area (Å²) < 4.78 is 11.3. The summed E-state index contributed by atoms with van der Waals surface area (Å²) in [7, 11) is 0. The average Bonchev–Trinajstić information content (AvgIpc) is 2.97. The molecule has 5 nitrogen and oxygen atoms in total. The van der Waals surface area contributed by atoms with E-state index in [4.69, 9.17) is 9.26 Å². The number of hydrogen-bond acceptors (Lipinski definition) is 4. The summed E-state index contributed by atoms with van der Waals surface area (Å²) >= 11 is 0. The predicted octanol–water partition coefficient (Wildman–Crippen LogP) is 4.39. The first-order chi connectivity index (χ1) is 12.0. The standard InChI is InChI=1S/C20H26N2O3/c1-12(2)15-10-9-13(3)11-18(15)24-14(4)19(23)21-20-16-7-5-6-8-17(16)22-25-20/h9-12,14H,5-8H2,1-4H3,(H,21,23)/t14-/m0/s1. The zero-order valence-corrected chi connectivity index (χ0v) is 15.4. The van der Waals surface area contributed by atoms with E-state index in [9.17, 15) is 4.79 Å². The minimum Gasteiger partial charge on any atom is -0.481 e. The number of nitrogens with one attached hydrogen (secondary N) is 1. The van der Waals surface area contributed by atoms with Gasteiger partial charge in [-0.05, 0) is 62.6 Å². The smallest absolute Gasteiger partial charge is 0.267 e. The van der Waals surface area contributed by atoms with Crippen LogP contribution in [0.2, 0.25) is 0 Å². The van der Waals surface area contributed by atoms with Crippen LogP contribution < -0.4 is 10.1 Å². The molecule has 134 valence electrons. The van der Waals surface area contributed by atoms with Gasteiger partial charge in [0, 0.05) is 5.56 Å². The fraction of sp³-hybridized carbons (Fsp3) is 0.500. The lowest BCUT2D eigenvalue weighted by Crippen LogP contribution is -2.30. The quantitative estimate of drug-likeness (QED) is 0.875. The third kappa shape index (κ3) is 3.86. The van der Waals surface area contributed by atoms with Crippen LogP contribution in [0.15, 0.2) is 22.7 Å². The van der Waals surface area contributed by atoms with Gasteiger partial charge in [0.25, 0.3) is 5.91 Å². The van der Waals surface area contributed by atoms with Crippen molar-refractivity contribution in [3.05, 3.63) is 40.6 Å². The molecule has 1 aromatic heterocycles. The number of amides is 1. The molecule has 0 aliphatic heterocycles. The second-order valence-corrected chi connectivity index (χ2v) is 7.09. The largest absolute Gasteiger partial charge is 0.481 e. The van der Waals surface area contributed by atoms with Gasteiger partial charge in [-0.15, -0.1) is 0 Å². The number of fused-ring (bicyclic) bond motifs is 1. The Kier molecular flexibility index (Phi) is 5.11. The van der Waals surface area contributed by atoms with Crippen molar-refractivity contribution in [1.29, 1.82) is 0 Å². The van der Waals surface area contributed by atoms with Crippen LogP contribution in [-0.4, -0.2) is 17.2 Å². The maximum atomic E-state index is 12.5. The first-order valence-corrected chi connectivity index (χ1v) is 9.01. The maximum Gasteiger partial charge on any atom is 0.267 e. The molecule has 0 radical (unpaired) electrons. The summed E-state index contributed by atoms with van der Waals surface area (Å²) in [5.41, 5.74) is 4.21. The van der Waals surface area contributed by atoms with Crippen LogP contribution in [-0.2, 0) is 17.6 Å². The Balaban J connectivity index is 1.71. The van der Waals surface area contributed by atoms with Crippen molar-refractivity contribution in [1.82, 2.24) is 5.16 Å². The van der Waals surface area contributed by atoms with Gasteiger partial charge >= 0.3 is 0 Å². The molecule has 3 rings (SSSR count). The molecule has 5 heteroatoms. The Labute approximate surface area is 148 Å². The van der Waals surface area contributed by atoms with E-state index in [1.165, 1.54) is 0 Å². The van der Waals surface area contributed by atoms with Crippen molar-refractivity contribution in [2.75, 3.05) is 5.32 Å². The number of carbonyl (C=O) groups is 1. The molecule has 1 aromatic carbocycles. The van der Waals surface area contributed by atoms with Gasteiger partial charge in [0.1, 0.15) is 5.75 Å². The lowest BCUT2D eigenvalue weighted by molar-refractivity contribution is -0.122. The van der Waals surface area contributed by atoms with Gasteiger partial charge < -0.3 is 9.26 Å². The molecule has 1 atom stereocenters. The molecule has 0 bridgehead atoms. The minimum absolute atomic E-state index is 0.222. The van der Waals surface area contributed by atoms with Gasteiger partial charge in [0.15, 0.2) is 6.10 Å². The summed E-state index contributed by atoms with van der Waals surface area (Å²) in [6.07, 6.45) is 3.42. The summed E-state index contributed by atoms with van der Waals surface area (Å²) in [4.78, 5) is 12.5. The molecule has 0 fully saturated rings. The van der Waals surface area contributed by atoms with Crippen LogP contribution in [0.1, 0.15) is 61.9 Å². The molecule has 0 saturated heterocycles. The minimum atomic E-state index is -0.622. The third-order valence-electron chi connectivity index (χ3n) is 4.66. The van der Waals surface area contributed by atoms with Crippen LogP contribution in [0.5, 0.6) is 5.75 Å². The highest BCUT2D eigenvalue weighted by atomic mass is 16.5. The first-order valence-electron chi connectivity index (χ1n) is 9.01. The molecule has 1 N–H and O–H groups in total. The molecule has 1 aliphatic rings. The third-order valence-corrected chi connectivity index (χ3v) is 4.66. The molecule has 2 aromatic rings. The van der Waals surface area contributed by atoms with Crippen molar-refractivity contribution in [2.24, 2.45) is 0 Å². The first kappa shape index (κ1) is 17.5. The number of ether oxygens (including phenoxy) is 1. The molecule has 1 aliphatic carbocycles. The highest BCUT2D eigenvalue weighted by molar-refractivity contribution is 5.93. The SMILES string of the molecule is Cc1ccc(C(C)C)c(O[C@@H](C)C(=O)Nc2onc3c2CCCC3)c1. The molecule has 0 unspecified atom stereocenters. The van der Waals surface area contributed by atoms with Crippen LogP contribution in [0.25, 0.3) is 0 Å². The van der Waals surface area contributed by atoms with Crippen molar-refractivity contribution in [2.45, 2.75) is 65.4 Å². The number of hydrogen-bond donors (Lipinski definition) is 1. The van der Waals surface area contributed by atoms with E-state index in [0.717, 1.165) is 53.8 Å². The highest BCUT2D eigenvalue weighted by Gasteiger charge is 2.24. The Morgan fingerprint density at radius 2 is 2.00 bits per heavy atom. The maximum absolute atomic E-state index is 12.5. The molecule has 1 heterocycles. The normalized spacial score (nSPS) is 14.9. The van der Waals surface area contributed by atoms with Gasteiger partial charge in [0.2, 0.25) is 5.88 Å². The van der Waals surface area contributed by atoms with E-state index < -0.39 is 6.10 Å². The zero-order valence-electron chi connectivity index (χ0n) is 15.4. The van der Waals surface area contributed by atoms with Crippen molar-refractivity contribution < 1.29 is 14.1 Å². The molecular weight excluding hydrogens is 316 g/mol.